The van der Waals surface area contributed by atoms with Gasteiger partial charge in [-0.1, -0.05) is 44.9 Å². The number of aliphatic hydroxyl groups is 1. The number of aliphatic hydroxyl groups excluding tert-OH is 1. The highest BCUT2D eigenvalue weighted by molar-refractivity contribution is 5.35. The van der Waals surface area contributed by atoms with Gasteiger partial charge in [0.25, 0.3) is 0 Å². The lowest BCUT2D eigenvalue weighted by atomic mass is 9.97. The summed E-state index contributed by atoms with van der Waals surface area (Å²) < 4.78 is 5.88. The lowest BCUT2D eigenvalue weighted by Crippen LogP contribution is -2.25. The summed E-state index contributed by atoms with van der Waals surface area (Å²) in [4.78, 5) is 0. The first-order valence-electron chi connectivity index (χ1n) is 7.62. The van der Waals surface area contributed by atoms with Crippen LogP contribution in [-0.2, 0) is 0 Å². The van der Waals surface area contributed by atoms with E-state index in [0.717, 1.165) is 25.0 Å². The second-order valence-corrected chi connectivity index (χ2v) is 5.77. The van der Waals surface area contributed by atoms with Crippen molar-refractivity contribution in [2.45, 2.75) is 58.0 Å². The average molecular weight is 262 g/mol. The van der Waals surface area contributed by atoms with Crippen molar-refractivity contribution in [3.8, 4) is 5.75 Å². The van der Waals surface area contributed by atoms with Gasteiger partial charge in [-0.2, -0.15) is 0 Å². The molecule has 1 aliphatic carbocycles. The van der Waals surface area contributed by atoms with E-state index < -0.39 is 0 Å². The molecule has 0 saturated heterocycles. The number of hydrogen-bond acceptors (Lipinski definition) is 2. The van der Waals surface area contributed by atoms with E-state index in [9.17, 15) is 5.11 Å². The average Bonchev–Trinajstić information content (AvgIpc) is 2.98. The van der Waals surface area contributed by atoms with E-state index in [1.165, 1.54) is 18.4 Å². The van der Waals surface area contributed by atoms with E-state index in [-0.39, 0.29) is 6.10 Å². The molecule has 0 heterocycles. The number of ether oxygens (including phenoxy) is 1. The van der Waals surface area contributed by atoms with Crippen LogP contribution in [0.3, 0.4) is 0 Å². The first kappa shape index (κ1) is 14.4. The molecule has 1 aromatic rings. The van der Waals surface area contributed by atoms with Gasteiger partial charge in [-0.05, 0) is 42.7 Å². The molecule has 2 heteroatoms. The van der Waals surface area contributed by atoms with Gasteiger partial charge >= 0.3 is 0 Å². The van der Waals surface area contributed by atoms with Crippen LogP contribution in [0, 0.1) is 5.92 Å². The summed E-state index contributed by atoms with van der Waals surface area (Å²) in [5.41, 5.74) is 1.25. The Hall–Kier alpha value is -1.02. The topological polar surface area (TPSA) is 29.5 Å². The van der Waals surface area contributed by atoms with Crippen molar-refractivity contribution in [3.05, 3.63) is 29.8 Å². The fourth-order valence-electron chi connectivity index (χ4n) is 2.89. The molecule has 2 nitrogen and oxygen atoms in total. The van der Waals surface area contributed by atoms with Crippen molar-refractivity contribution in [3.63, 3.8) is 0 Å². The monoisotopic (exact) mass is 262 g/mol. The Balaban J connectivity index is 1.95. The molecular weight excluding hydrogens is 236 g/mol. The summed E-state index contributed by atoms with van der Waals surface area (Å²) in [7, 11) is 0. The summed E-state index contributed by atoms with van der Waals surface area (Å²) in [6, 6.07) is 8.21. The Kier molecular flexibility index (Phi) is 5.26. The molecule has 0 aromatic heterocycles. The summed E-state index contributed by atoms with van der Waals surface area (Å²) in [6.45, 7) is 4.84. The summed E-state index contributed by atoms with van der Waals surface area (Å²) in [5, 5.41) is 10.2. The minimum atomic E-state index is -0.313. The van der Waals surface area contributed by atoms with Gasteiger partial charge in [0.15, 0.2) is 0 Å². The molecule has 0 spiro atoms. The molecule has 1 fully saturated rings. The number of para-hydroxylation sites is 1. The predicted molar refractivity (Wildman–Crippen MR) is 78.6 cm³/mol. The molecule has 2 unspecified atom stereocenters. The van der Waals surface area contributed by atoms with E-state index in [2.05, 4.69) is 26.0 Å². The van der Waals surface area contributed by atoms with Gasteiger partial charge in [-0.3, -0.25) is 0 Å². The van der Waals surface area contributed by atoms with Crippen molar-refractivity contribution >= 4 is 0 Å². The Bertz CT molecular complexity index is 383. The minimum Gasteiger partial charge on any atom is -0.491 e. The molecule has 1 aromatic carbocycles. The molecule has 19 heavy (non-hydrogen) atoms. The Morgan fingerprint density at radius 3 is 2.63 bits per heavy atom. The van der Waals surface area contributed by atoms with E-state index in [0.29, 0.717) is 18.4 Å². The number of hydrogen-bond donors (Lipinski definition) is 1. The maximum Gasteiger partial charge on any atom is 0.122 e. The molecule has 0 amide bonds. The van der Waals surface area contributed by atoms with E-state index in [1.807, 2.05) is 12.1 Å². The van der Waals surface area contributed by atoms with Crippen LogP contribution in [0.1, 0.15) is 57.4 Å². The van der Waals surface area contributed by atoms with Crippen LogP contribution in [0.5, 0.6) is 5.75 Å². The van der Waals surface area contributed by atoms with Crippen molar-refractivity contribution in [2.24, 2.45) is 5.92 Å². The van der Waals surface area contributed by atoms with Gasteiger partial charge in [-0.15, -0.1) is 0 Å². The molecule has 2 atom stereocenters. The van der Waals surface area contributed by atoms with Crippen LogP contribution in [0.25, 0.3) is 0 Å². The standard InChI is InChI=1S/C17H26O2/c1-3-13(2)15-10-6-7-11-17(15)19-12-16(18)14-8-4-5-9-14/h6-7,10-11,13-14,16,18H,3-5,8-9,12H2,1-2H3. The molecule has 2 rings (SSSR count). The zero-order valence-corrected chi connectivity index (χ0v) is 12.1. The van der Waals surface area contributed by atoms with Gasteiger partial charge in [0.05, 0.1) is 6.10 Å². The molecule has 0 bridgehead atoms. The molecule has 106 valence electrons. The molecule has 0 aliphatic heterocycles. The van der Waals surface area contributed by atoms with Crippen molar-refractivity contribution < 1.29 is 9.84 Å². The van der Waals surface area contributed by atoms with Gasteiger partial charge in [0, 0.05) is 0 Å². The van der Waals surface area contributed by atoms with Crippen molar-refractivity contribution in [1.29, 1.82) is 0 Å². The van der Waals surface area contributed by atoms with Crippen LogP contribution in [0.2, 0.25) is 0 Å². The highest BCUT2D eigenvalue weighted by atomic mass is 16.5. The highest BCUT2D eigenvalue weighted by Gasteiger charge is 2.23. The smallest absolute Gasteiger partial charge is 0.122 e. The third kappa shape index (κ3) is 3.73. The third-order valence-corrected chi connectivity index (χ3v) is 4.42. The SMILES string of the molecule is CCC(C)c1ccccc1OCC(O)C1CCCC1. The molecule has 1 N–H and O–H groups in total. The van der Waals surface area contributed by atoms with Crippen LogP contribution < -0.4 is 4.74 Å². The second kappa shape index (κ2) is 6.95. The Labute approximate surface area is 116 Å². The molecular formula is C17H26O2. The fraction of sp³-hybridized carbons (Fsp3) is 0.647. The van der Waals surface area contributed by atoms with Gasteiger partial charge in [-0.25, -0.2) is 0 Å². The van der Waals surface area contributed by atoms with E-state index >= 15 is 0 Å². The lowest BCUT2D eigenvalue weighted by molar-refractivity contribution is 0.0588. The molecule has 1 aliphatic rings. The maximum atomic E-state index is 10.2. The number of benzene rings is 1. The predicted octanol–water partition coefficient (Wildman–Crippen LogP) is 4.13. The number of rotatable bonds is 6. The second-order valence-electron chi connectivity index (χ2n) is 5.77. The summed E-state index contributed by atoms with van der Waals surface area (Å²) >= 11 is 0. The fourth-order valence-corrected chi connectivity index (χ4v) is 2.89. The minimum absolute atomic E-state index is 0.313. The molecule has 0 radical (unpaired) electrons. The Morgan fingerprint density at radius 1 is 1.26 bits per heavy atom. The quantitative estimate of drug-likeness (QED) is 0.835. The Morgan fingerprint density at radius 2 is 1.95 bits per heavy atom. The normalized spacial score (nSPS) is 19.3. The summed E-state index contributed by atoms with van der Waals surface area (Å²) in [5.74, 6) is 1.88. The first-order valence-corrected chi connectivity index (χ1v) is 7.62. The van der Waals surface area contributed by atoms with Crippen LogP contribution in [0.15, 0.2) is 24.3 Å². The zero-order valence-electron chi connectivity index (χ0n) is 12.1. The third-order valence-electron chi connectivity index (χ3n) is 4.42. The van der Waals surface area contributed by atoms with Gasteiger partial charge in [0.2, 0.25) is 0 Å². The maximum absolute atomic E-state index is 10.2. The summed E-state index contributed by atoms with van der Waals surface area (Å²) in [6.07, 6.45) is 5.60. The van der Waals surface area contributed by atoms with Crippen molar-refractivity contribution in [1.82, 2.24) is 0 Å². The van der Waals surface area contributed by atoms with Crippen LogP contribution in [0.4, 0.5) is 0 Å². The van der Waals surface area contributed by atoms with Crippen LogP contribution in [-0.4, -0.2) is 17.8 Å². The largest absolute Gasteiger partial charge is 0.491 e. The first-order chi connectivity index (χ1) is 9.22. The van der Waals surface area contributed by atoms with Crippen LogP contribution >= 0.6 is 0 Å². The van der Waals surface area contributed by atoms with Gasteiger partial charge in [0.1, 0.15) is 12.4 Å². The zero-order chi connectivity index (χ0) is 13.7. The highest BCUT2D eigenvalue weighted by Crippen LogP contribution is 2.30. The van der Waals surface area contributed by atoms with E-state index in [1.54, 1.807) is 0 Å². The lowest BCUT2D eigenvalue weighted by Gasteiger charge is -2.20. The molecule has 1 saturated carbocycles. The van der Waals surface area contributed by atoms with Gasteiger partial charge < -0.3 is 9.84 Å². The van der Waals surface area contributed by atoms with Crippen molar-refractivity contribution in [2.75, 3.05) is 6.61 Å². The van der Waals surface area contributed by atoms with E-state index in [4.69, 9.17) is 4.74 Å².